The Labute approximate surface area is 158 Å². The number of sulfonamides is 1. The predicted octanol–water partition coefficient (Wildman–Crippen LogP) is 2.40. The molecule has 2 N–H and O–H groups in total. The Morgan fingerprint density at radius 2 is 1.81 bits per heavy atom. The molecule has 0 spiro atoms. The molecule has 9 heteroatoms. The van der Waals surface area contributed by atoms with E-state index in [0.717, 1.165) is 0 Å². The van der Waals surface area contributed by atoms with Gasteiger partial charge in [-0.05, 0) is 69.2 Å². The van der Waals surface area contributed by atoms with E-state index < -0.39 is 22.7 Å². The summed E-state index contributed by atoms with van der Waals surface area (Å²) in [5.74, 6) is 0.479. The van der Waals surface area contributed by atoms with Crippen molar-refractivity contribution >= 4 is 22.6 Å². The Morgan fingerprint density at radius 1 is 1.19 bits per heavy atom. The van der Waals surface area contributed by atoms with Gasteiger partial charge in [0.25, 0.3) is 0 Å². The molecule has 0 aliphatic carbocycles. The Balaban J connectivity index is 2.07. The number of nitrogens with two attached hydrogens (primary N) is 1. The first-order valence-corrected chi connectivity index (χ1v) is 9.92. The molecule has 1 heterocycles. The maximum absolute atomic E-state index is 13.6. The van der Waals surface area contributed by atoms with Crippen LogP contribution >= 0.6 is 0 Å². The Bertz CT molecular complexity index is 970. The molecule has 0 saturated carbocycles. The Kier molecular flexibility index (Phi) is 5.07. The molecule has 27 heavy (non-hydrogen) atoms. The topological polar surface area (TPSA) is 87.9 Å². The number of rotatable bonds is 4. The average Bonchev–Trinajstić information content (AvgIpc) is 2.90. The monoisotopic (exact) mass is 393 g/mol. The lowest BCUT2D eigenvalue weighted by atomic mass is 9.78. The van der Waals surface area contributed by atoms with Crippen molar-refractivity contribution in [3.8, 4) is 11.5 Å². The first-order valence-electron chi connectivity index (χ1n) is 8.37. The molecule has 1 saturated heterocycles. The third kappa shape index (κ3) is 4.32. The van der Waals surface area contributed by atoms with Crippen LogP contribution in [0.25, 0.3) is 0 Å². The van der Waals surface area contributed by atoms with Gasteiger partial charge < -0.3 is 14.0 Å². The highest BCUT2D eigenvalue weighted by atomic mass is 32.2. The third-order valence-corrected chi connectivity index (χ3v) is 5.12. The summed E-state index contributed by atoms with van der Waals surface area (Å²) in [7, 11) is -4.72. The minimum Gasteiger partial charge on any atom is -0.457 e. The molecule has 0 atom stereocenters. The van der Waals surface area contributed by atoms with Gasteiger partial charge in [-0.2, -0.15) is 0 Å². The summed E-state index contributed by atoms with van der Waals surface area (Å²) in [6.45, 7) is 7.53. The van der Waals surface area contributed by atoms with Gasteiger partial charge in [0, 0.05) is 5.46 Å². The summed E-state index contributed by atoms with van der Waals surface area (Å²) in [6.07, 6.45) is 0. The van der Waals surface area contributed by atoms with Crippen LogP contribution in [0.2, 0.25) is 0 Å². The average molecular weight is 393 g/mol. The predicted molar refractivity (Wildman–Crippen MR) is 100 cm³/mol. The summed E-state index contributed by atoms with van der Waals surface area (Å²) < 4.78 is 54.6. The molecule has 0 radical (unpaired) electrons. The van der Waals surface area contributed by atoms with Crippen LogP contribution in [0.3, 0.4) is 0 Å². The lowest BCUT2D eigenvalue weighted by Crippen LogP contribution is -2.36. The van der Waals surface area contributed by atoms with Crippen LogP contribution in [0.15, 0.2) is 35.2 Å². The maximum Gasteiger partial charge on any atom is 0.498 e. The number of hydrogen-bond donors (Lipinski definition) is 1. The SMILES string of the molecule is Cc1cc(F)cc(C)c1Oc1ccc(S(N)(=O)=O)cc1B1OCC(C)(C)O1. The van der Waals surface area contributed by atoms with Gasteiger partial charge in [0.2, 0.25) is 10.0 Å². The molecule has 0 aromatic heterocycles. The van der Waals surface area contributed by atoms with Gasteiger partial charge in [0.1, 0.15) is 17.3 Å². The van der Waals surface area contributed by atoms with Crippen LogP contribution < -0.4 is 15.3 Å². The van der Waals surface area contributed by atoms with Crippen molar-refractivity contribution in [3.05, 3.63) is 47.3 Å². The van der Waals surface area contributed by atoms with Gasteiger partial charge in [-0.1, -0.05) is 0 Å². The van der Waals surface area contributed by atoms with Gasteiger partial charge >= 0.3 is 7.12 Å². The highest BCUT2D eigenvalue weighted by Gasteiger charge is 2.40. The Morgan fingerprint density at radius 3 is 2.33 bits per heavy atom. The van der Waals surface area contributed by atoms with Crippen LogP contribution in [0.4, 0.5) is 4.39 Å². The highest BCUT2D eigenvalue weighted by molar-refractivity contribution is 7.89. The molecule has 0 bridgehead atoms. The van der Waals surface area contributed by atoms with Crippen molar-refractivity contribution in [3.63, 3.8) is 0 Å². The smallest absolute Gasteiger partial charge is 0.457 e. The number of ether oxygens (including phenoxy) is 1. The minimum absolute atomic E-state index is 0.0747. The van der Waals surface area contributed by atoms with E-state index >= 15 is 0 Å². The normalized spacial score (nSPS) is 16.6. The van der Waals surface area contributed by atoms with Crippen LogP contribution in [0, 0.1) is 19.7 Å². The second-order valence-electron chi connectivity index (χ2n) is 7.24. The van der Waals surface area contributed by atoms with Crippen LogP contribution in [-0.4, -0.2) is 27.7 Å². The molecule has 1 fully saturated rings. The van der Waals surface area contributed by atoms with E-state index in [-0.39, 0.29) is 10.7 Å². The van der Waals surface area contributed by atoms with Crippen molar-refractivity contribution in [2.45, 2.75) is 38.2 Å². The van der Waals surface area contributed by atoms with E-state index in [4.69, 9.17) is 19.2 Å². The maximum atomic E-state index is 13.6. The first kappa shape index (κ1) is 19.8. The molecular weight excluding hydrogens is 372 g/mol. The summed E-state index contributed by atoms with van der Waals surface area (Å²) in [5.41, 5.74) is 1.10. The number of hydrogen-bond acceptors (Lipinski definition) is 5. The van der Waals surface area contributed by atoms with E-state index in [1.165, 1.54) is 30.3 Å². The van der Waals surface area contributed by atoms with Gasteiger partial charge in [-0.3, -0.25) is 0 Å². The number of primary sulfonamides is 1. The van der Waals surface area contributed by atoms with E-state index in [0.29, 0.717) is 34.7 Å². The third-order valence-electron chi connectivity index (χ3n) is 4.21. The number of halogens is 1. The van der Waals surface area contributed by atoms with E-state index in [2.05, 4.69) is 0 Å². The minimum atomic E-state index is -3.91. The summed E-state index contributed by atoms with van der Waals surface area (Å²) >= 11 is 0. The second kappa shape index (κ2) is 6.90. The largest absolute Gasteiger partial charge is 0.498 e. The van der Waals surface area contributed by atoms with Crippen LogP contribution in [0.1, 0.15) is 25.0 Å². The first-order chi connectivity index (χ1) is 12.5. The van der Waals surface area contributed by atoms with Gasteiger partial charge in [0.05, 0.1) is 17.1 Å². The molecule has 6 nitrogen and oxygen atoms in total. The zero-order valence-electron chi connectivity index (χ0n) is 15.6. The molecule has 2 aromatic carbocycles. The summed E-state index contributed by atoms with van der Waals surface area (Å²) in [6, 6.07) is 6.96. The lowest BCUT2D eigenvalue weighted by Gasteiger charge is -2.19. The van der Waals surface area contributed by atoms with Gasteiger partial charge in [0.15, 0.2) is 0 Å². The second-order valence-corrected chi connectivity index (χ2v) is 8.80. The Hall–Kier alpha value is -1.94. The number of aryl methyl sites for hydroxylation is 2. The molecule has 3 rings (SSSR count). The van der Waals surface area contributed by atoms with E-state index in [1.54, 1.807) is 13.8 Å². The standard InChI is InChI=1S/C18H21BFNO5S/c1-11-7-13(20)8-12(2)17(11)25-16-6-5-14(27(21,22)23)9-15(16)19-24-10-18(3,4)26-19/h5-9H,10H2,1-4H3,(H2,21,22,23). The van der Waals surface area contributed by atoms with Gasteiger partial charge in [-0.25, -0.2) is 17.9 Å². The van der Waals surface area contributed by atoms with Crippen LogP contribution in [-0.2, 0) is 19.3 Å². The van der Waals surface area contributed by atoms with Crippen molar-refractivity contribution < 1.29 is 26.9 Å². The molecule has 1 aliphatic rings. The van der Waals surface area contributed by atoms with Crippen molar-refractivity contribution in [1.82, 2.24) is 0 Å². The zero-order chi connectivity index (χ0) is 20.0. The lowest BCUT2D eigenvalue weighted by molar-refractivity contribution is 0.137. The number of benzene rings is 2. The molecule has 2 aromatic rings. The highest BCUT2D eigenvalue weighted by Crippen LogP contribution is 2.31. The summed E-state index contributed by atoms with van der Waals surface area (Å²) in [4.78, 5) is -0.0747. The van der Waals surface area contributed by atoms with Gasteiger partial charge in [-0.15, -0.1) is 0 Å². The molecule has 1 aliphatic heterocycles. The molecule has 144 valence electrons. The molecule has 0 unspecified atom stereocenters. The molecular formula is C18H21BFNO5S. The zero-order valence-corrected chi connectivity index (χ0v) is 16.4. The molecule has 0 amide bonds. The van der Waals surface area contributed by atoms with Crippen molar-refractivity contribution in [1.29, 1.82) is 0 Å². The van der Waals surface area contributed by atoms with E-state index in [1.807, 2.05) is 13.8 Å². The van der Waals surface area contributed by atoms with E-state index in [9.17, 15) is 12.8 Å². The fourth-order valence-electron chi connectivity index (χ4n) is 2.94. The quantitative estimate of drug-likeness (QED) is 0.807. The summed E-state index contributed by atoms with van der Waals surface area (Å²) in [5, 5.41) is 5.25. The fraction of sp³-hybridized carbons (Fsp3) is 0.333. The van der Waals surface area contributed by atoms with Crippen LogP contribution in [0.5, 0.6) is 11.5 Å². The van der Waals surface area contributed by atoms with Crippen molar-refractivity contribution in [2.75, 3.05) is 6.61 Å². The van der Waals surface area contributed by atoms with Crippen molar-refractivity contribution in [2.24, 2.45) is 5.14 Å². The fourth-order valence-corrected chi connectivity index (χ4v) is 3.49.